The van der Waals surface area contributed by atoms with Crippen molar-refractivity contribution >= 4 is 0 Å². The molecule has 0 saturated carbocycles. The first-order chi connectivity index (χ1) is 4.97. The zero-order valence-electron chi connectivity index (χ0n) is 5.72. The second kappa shape index (κ2) is 2.19. The highest BCUT2D eigenvalue weighted by Gasteiger charge is 2.03. The maximum atomic E-state index is 2.96. The van der Waals surface area contributed by atoms with Crippen molar-refractivity contribution in [2.75, 3.05) is 0 Å². The van der Waals surface area contributed by atoms with Gasteiger partial charge in [0.25, 0.3) is 0 Å². The topological polar surface area (TPSA) is 0 Å². The van der Waals surface area contributed by atoms with E-state index in [0.29, 0.717) is 0 Å². The van der Waals surface area contributed by atoms with E-state index in [4.69, 9.17) is 0 Å². The smallest absolute Gasteiger partial charge is 0.00398 e. The van der Waals surface area contributed by atoms with Gasteiger partial charge >= 0.3 is 0 Å². The predicted molar refractivity (Wildman–Crippen MR) is 41.6 cm³/mol. The lowest BCUT2D eigenvalue weighted by Crippen LogP contribution is -1.90. The zero-order chi connectivity index (χ0) is 6.81. The normalized spacial score (nSPS) is 20.0. The average molecular weight is 128 g/mol. The molecule has 0 nitrogen and oxygen atoms in total. The van der Waals surface area contributed by atoms with E-state index in [1.807, 2.05) is 12.2 Å². The van der Waals surface area contributed by atoms with E-state index in [-0.39, 0.29) is 0 Å². The summed E-state index contributed by atoms with van der Waals surface area (Å²) in [6, 6.07) is 0. The van der Waals surface area contributed by atoms with Gasteiger partial charge in [-0.3, -0.25) is 0 Å². The molecular weight excluding hydrogens is 120 g/mol. The summed E-state index contributed by atoms with van der Waals surface area (Å²) in [6.45, 7) is 0. The molecule has 0 aromatic rings. The van der Waals surface area contributed by atoms with Crippen LogP contribution < -0.4 is 0 Å². The van der Waals surface area contributed by atoms with Gasteiger partial charge in [0.05, 0.1) is 0 Å². The molecule has 2 aliphatic carbocycles. The lowest BCUT2D eigenvalue weighted by atomic mass is 9.96. The minimum atomic E-state index is 1.16. The Morgan fingerprint density at radius 1 is 1.20 bits per heavy atom. The van der Waals surface area contributed by atoms with Crippen LogP contribution in [0.3, 0.4) is 0 Å². The molecule has 0 amide bonds. The predicted octanol–water partition coefficient (Wildman–Crippen LogP) is 2.51. The fourth-order valence-electron chi connectivity index (χ4n) is 1.25. The van der Waals surface area contributed by atoms with Crippen molar-refractivity contribution in [3.05, 3.63) is 46.9 Å². The third-order valence-electron chi connectivity index (χ3n) is 1.81. The molecule has 0 atom stereocenters. The molecule has 0 N–H and O–H groups in total. The Kier molecular flexibility index (Phi) is 1.22. The van der Waals surface area contributed by atoms with Gasteiger partial charge in [-0.05, 0) is 36.1 Å². The molecule has 0 heterocycles. The highest BCUT2D eigenvalue weighted by molar-refractivity contribution is 5.44. The zero-order valence-corrected chi connectivity index (χ0v) is 5.72. The standard InChI is InChI=1S/C10H8/c1-2-6-10-8-4-3-7-9(10)5-1/h1,5,7-8H,2,6H2. The first-order valence-electron chi connectivity index (χ1n) is 3.54. The molecule has 0 aliphatic heterocycles. The fourth-order valence-corrected chi connectivity index (χ4v) is 1.25. The van der Waals surface area contributed by atoms with Crippen LogP contribution in [0.25, 0.3) is 0 Å². The SMILES string of the molecule is C1=C=CC2=C(C=1)C=CCC2. The van der Waals surface area contributed by atoms with Gasteiger partial charge in [0.2, 0.25) is 0 Å². The molecule has 0 aromatic heterocycles. The molecule has 0 heteroatoms. The van der Waals surface area contributed by atoms with Crippen LogP contribution in [0.4, 0.5) is 0 Å². The van der Waals surface area contributed by atoms with Crippen LogP contribution in [0.15, 0.2) is 46.9 Å². The van der Waals surface area contributed by atoms with E-state index in [9.17, 15) is 0 Å². The molecule has 0 spiro atoms. The quantitative estimate of drug-likeness (QED) is 0.440. The van der Waals surface area contributed by atoms with Gasteiger partial charge in [-0.2, -0.15) is 0 Å². The van der Waals surface area contributed by atoms with E-state index < -0.39 is 0 Å². The third kappa shape index (κ3) is 0.804. The summed E-state index contributed by atoms with van der Waals surface area (Å²) >= 11 is 0. The Morgan fingerprint density at radius 2 is 2.10 bits per heavy atom. The van der Waals surface area contributed by atoms with E-state index in [1.54, 1.807) is 0 Å². The van der Waals surface area contributed by atoms with Crippen molar-refractivity contribution in [3.8, 4) is 0 Å². The summed E-state index contributed by atoms with van der Waals surface area (Å²) in [5, 5.41) is 0. The van der Waals surface area contributed by atoms with Gasteiger partial charge in [0.1, 0.15) is 0 Å². The Bertz CT molecular complexity index is 301. The van der Waals surface area contributed by atoms with Crippen molar-refractivity contribution in [3.63, 3.8) is 0 Å². The Morgan fingerprint density at radius 3 is 3.00 bits per heavy atom. The molecule has 10 heavy (non-hydrogen) atoms. The minimum Gasteiger partial charge on any atom is -0.0836 e. The highest BCUT2D eigenvalue weighted by atomic mass is 14.1. The number of allylic oxidation sites excluding steroid dienone is 6. The largest absolute Gasteiger partial charge is 0.0836 e. The number of rotatable bonds is 0. The highest BCUT2D eigenvalue weighted by Crippen LogP contribution is 2.21. The molecule has 0 bridgehead atoms. The van der Waals surface area contributed by atoms with Gasteiger partial charge in [-0.1, -0.05) is 23.6 Å². The van der Waals surface area contributed by atoms with E-state index in [0.717, 1.165) is 6.42 Å². The van der Waals surface area contributed by atoms with Crippen molar-refractivity contribution in [1.82, 2.24) is 0 Å². The molecule has 2 aliphatic rings. The summed E-state index contributed by atoms with van der Waals surface area (Å²) in [7, 11) is 0. The first-order valence-corrected chi connectivity index (χ1v) is 3.54. The maximum absolute atomic E-state index is 2.96. The second-order valence-electron chi connectivity index (χ2n) is 2.50. The summed E-state index contributed by atoms with van der Waals surface area (Å²) in [4.78, 5) is 0. The van der Waals surface area contributed by atoms with Gasteiger partial charge < -0.3 is 0 Å². The van der Waals surface area contributed by atoms with E-state index in [2.05, 4.69) is 23.6 Å². The van der Waals surface area contributed by atoms with Crippen LogP contribution in [0.5, 0.6) is 0 Å². The average Bonchev–Trinajstić information content (AvgIpc) is 2.05. The second-order valence-corrected chi connectivity index (χ2v) is 2.50. The van der Waals surface area contributed by atoms with Crippen molar-refractivity contribution in [2.24, 2.45) is 0 Å². The summed E-state index contributed by atoms with van der Waals surface area (Å²) in [5.41, 5.74) is 8.62. The molecule has 0 saturated heterocycles. The Hall–Kier alpha value is -1.22. The summed E-state index contributed by atoms with van der Waals surface area (Å²) in [5.74, 6) is 0. The summed E-state index contributed by atoms with van der Waals surface area (Å²) in [6.07, 6.45) is 10.7. The lowest BCUT2D eigenvalue weighted by Gasteiger charge is -2.08. The van der Waals surface area contributed by atoms with Crippen LogP contribution in [0.2, 0.25) is 0 Å². The lowest BCUT2D eigenvalue weighted by molar-refractivity contribution is 0.977. The molecule has 48 valence electrons. The monoisotopic (exact) mass is 128 g/mol. The Balaban J connectivity index is 2.48. The molecule has 2 rings (SSSR count). The number of hydrogen-bond acceptors (Lipinski definition) is 0. The van der Waals surface area contributed by atoms with Crippen LogP contribution in [-0.2, 0) is 0 Å². The van der Waals surface area contributed by atoms with Gasteiger partial charge in [-0.15, -0.1) is 0 Å². The van der Waals surface area contributed by atoms with Gasteiger partial charge in [-0.25, -0.2) is 0 Å². The number of hydrogen-bond donors (Lipinski definition) is 0. The molecule has 0 aromatic carbocycles. The fraction of sp³-hybridized carbons (Fsp3) is 0.200. The van der Waals surface area contributed by atoms with Crippen molar-refractivity contribution in [1.29, 1.82) is 0 Å². The van der Waals surface area contributed by atoms with Gasteiger partial charge in [0, 0.05) is 0 Å². The third-order valence-corrected chi connectivity index (χ3v) is 1.81. The summed E-state index contributed by atoms with van der Waals surface area (Å²) < 4.78 is 0. The van der Waals surface area contributed by atoms with Crippen molar-refractivity contribution < 1.29 is 0 Å². The molecular formula is C10H8. The molecule has 0 radical (unpaired) electrons. The van der Waals surface area contributed by atoms with Crippen LogP contribution in [-0.4, -0.2) is 0 Å². The van der Waals surface area contributed by atoms with Crippen LogP contribution >= 0.6 is 0 Å². The van der Waals surface area contributed by atoms with Crippen LogP contribution in [0, 0.1) is 0 Å². The first kappa shape index (κ1) is 5.56. The molecule has 0 unspecified atom stereocenters. The Labute approximate surface area is 60.6 Å². The molecule has 0 fully saturated rings. The van der Waals surface area contributed by atoms with Crippen molar-refractivity contribution in [2.45, 2.75) is 12.8 Å². The maximum Gasteiger partial charge on any atom is -0.00398 e. The van der Waals surface area contributed by atoms with Crippen LogP contribution in [0.1, 0.15) is 12.8 Å². The van der Waals surface area contributed by atoms with E-state index in [1.165, 1.54) is 17.6 Å². The minimum absolute atomic E-state index is 1.16. The van der Waals surface area contributed by atoms with E-state index >= 15 is 0 Å². The van der Waals surface area contributed by atoms with Gasteiger partial charge in [0.15, 0.2) is 0 Å².